The first kappa shape index (κ1) is 16.8. The van der Waals surface area contributed by atoms with Gasteiger partial charge in [-0.25, -0.2) is 0 Å². The van der Waals surface area contributed by atoms with Crippen LogP contribution in [-0.4, -0.2) is 36.8 Å². The molecule has 1 heterocycles. The fraction of sp³-hybridized carbons (Fsp3) is 0.733. The van der Waals surface area contributed by atoms with E-state index in [0.717, 1.165) is 13.0 Å². The molecule has 1 aromatic heterocycles. The molecule has 0 bridgehead atoms. The Morgan fingerprint density at radius 2 is 2.05 bits per heavy atom. The van der Waals surface area contributed by atoms with Crippen LogP contribution in [-0.2, 0) is 6.42 Å². The van der Waals surface area contributed by atoms with Crippen molar-refractivity contribution in [2.75, 3.05) is 20.1 Å². The predicted molar refractivity (Wildman–Crippen MR) is 80.5 cm³/mol. The smallest absolute Gasteiger partial charge is 0.329 e. The average molecular weight is 320 g/mol. The standard InChI is InChI=1S/C15H23F3N2S/c1-20(9-6-13-3-2-10-21-13)14(11-19)7-4-12(5-8-14)15(16,17)18/h2-3,10,12H,4-9,11,19H2,1H3. The third kappa shape index (κ3) is 3.99. The van der Waals surface area contributed by atoms with Crippen molar-refractivity contribution in [1.82, 2.24) is 4.90 Å². The van der Waals surface area contributed by atoms with Crippen LogP contribution in [0.1, 0.15) is 30.6 Å². The molecule has 0 saturated heterocycles. The number of nitrogens with two attached hydrogens (primary N) is 1. The van der Waals surface area contributed by atoms with Crippen LogP contribution in [0.4, 0.5) is 13.2 Å². The lowest BCUT2D eigenvalue weighted by Crippen LogP contribution is -2.55. The number of halogens is 3. The second-order valence-electron chi connectivity index (χ2n) is 6.00. The van der Waals surface area contributed by atoms with Crippen molar-refractivity contribution >= 4 is 11.3 Å². The largest absolute Gasteiger partial charge is 0.391 e. The van der Waals surface area contributed by atoms with Gasteiger partial charge in [-0.05, 0) is 50.6 Å². The molecule has 6 heteroatoms. The van der Waals surface area contributed by atoms with E-state index < -0.39 is 12.1 Å². The van der Waals surface area contributed by atoms with Gasteiger partial charge in [0.1, 0.15) is 0 Å². The SMILES string of the molecule is CN(CCc1cccs1)C1(CN)CCC(C(F)(F)F)CC1. The summed E-state index contributed by atoms with van der Waals surface area (Å²) >= 11 is 1.72. The first-order valence-electron chi connectivity index (χ1n) is 7.38. The van der Waals surface area contributed by atoms with Crippen molar-refractivity contribution in [3.05, 3.63) is 22.4 Å². The molecule has 0 aliphatic heterocycles. The summed E-state index contributed by atoms with van der Waals surface area (Å²) in [6.07, 6.45) is -1.66. The Morgan fingerprint density at radius 3 is 2.52 bits per heavy atom. The summed E-state index contributed by atoms with van der Waals surface area (Å²) in [7, 11) is 1.99. The monoisotopic (exact) mass is 320 g/mol. The molecule has 0 spiro atoms. The van der Waals surface area contributed by atoms with E-state index in [2.05, 4.69) is 11.0 Å². The van der Waals surface area contributed by atoms with E-state index in [1.54, 1.807) is 11.3 Å². The number of alkyl halides is 3. The van der Waals surface area contributed by atoms with Gasteiger partial charge >= 0.3 is 6.18 Å². The van der Waals surface area contributed by atoms with Crippen molar-refractivity contribution in [3.8, 4) is 0 Å². The molecule has 0 amide bonds. The maximum Gasteiger partial charge on any atom is 0.391 e. The molecule has 0 radical (unpaired) electrons. The molecule has 2 N–H and O–H groups in total. The number of thiophene rings is 1. The van der Waals surface area contributed by atoms with Crippen LogP contribution >= 0.6 is 11.3 Å². The second-order valence-corrected chi connectivity index (χ2v) is 7.03. The van der Waals surface area contributed by atoms with Gasteiger partial charge in [-0.15, -0.1) is 11.3 Å². The highest BCUT2D eigenvalue weighted by molar-refractivity contribution is 7.09. The van der Waals surface area contributed by atoms with Gasteiger partial charge in [0.2, 0.25) is 0 Å². The normalized spacial score (nSPS) is 27.2. The van der Waals surface area contributed by atoms with Gasteiger partial charge in [-0.3, -0.25) is 4.90 Å². The van der Waals surface area contributed by atoms with Crippen LogP contribution in [0.15, 0.2) is 17.5 Å². The molecule has 1 fully saturated rings. The molecule has 0 aromatic carbocycles. The highest BCUT2D eigenvalue weighted by Crippen LogP contribution is 2.42. The summed E-state index contributed by atoms with van der Waals surface area (Å²) in [6, 6.07) is 4.11. The summed E-state index contributed by atoms with van der Waals surface area (Å²) in [4.78, 5) is 3.48. The second kappa shape index (κ2) is 6.67. The van der Waals surface area contributed by atoms with Gasteiger partial charge in [-0.1, -0.05) is 6.07 Å². The van der Waals surface area contributed by atoms with E-state index in [-0.39, 0.29) is 18.4 Å². The summed E-state index contributed by atoms with van der Waals surface area (Å²) in [6.45, 7) is 1.27. The van der Waals surface area contributed by atoms with Crippen LogP contribution < -0.4 is 5.73 Å². The first-order chi connectivity index (χ1) is 9.87. The fourth-order valence-electron chi connectivity index (χ4n) is 3.19. The average Bonchev–Trinajstić information content (AvgIpc) is 2.97. The number of nitrogens with zero attached hydrogens (tertiary/aromatic N) is 1. The number of hydrogen-bond acceptors (Lipinski definition) is 3. The van der Waals surface area contributed by atoms with Gasteiger partial charge in [0, 0.05) is 23.5 Å². The summed E-state index contributed by atoms with van der Waals surface area (Å²) in [5.41, 5.74) is 5.66. The lowest BCUT2D eigenvalue weighted by Gasteiger charge is -2.46. The third-order valence-electron chi connectivity index (χ3n) is 4.84. The molecule has 0 atom stereocenters. The lowest BCUT2D eigenvalue weighted by molar-refractivity contribution is -0.188. The van der Waals surface area contributed by atoms with Crippen LogP contribution in [0.5, 0.6) is 0 Å². The van der Waals surface area contributed by atoms with Crippen LogP contribution in [0.2, 0.25) is 0 Å². The Morgan fingerprint density at radius 1 is 1.38 bits per heavy atom. The molecular formula is C15H23F3N2S. The molecule has 120 valence electrons. The minimum atomic E-state index is -4.06. The van der Waals surface area contributed by atoms with Crippen molar-refractivity contribution < 1.29 is 13.2 Å². The van der Waals surface area contributed by atoms with E-state index in [9.17, 15) is 13.2 Å². The molecule has 2 rings (SSSR count). The van der Waals surface area contributed by atoms with E-state index in [1.807, 2.05) is 18.5 Å². The van der Waals surface area contributed by atoms with E-state index in [1.165, 1.54) is 4.88 Å². The Bertz CT molecular complexity index is 423. The zero-order valence-corrected chi connectivity index (χ0v) is 13.1. The first-order valence-corrected chi connectivity index (χ1v) is 8.26. The Balaban J connectivity index is 1.92. The van der Waals surface area contributed by atoms with Gasteiger partial charge < -0.3 is 5.73 Å². The minimum absolute atomic E-state index is 0.198. The van der Waals surface area contributed by atoms with Gasteiger partial charge in [0.25, 0.3) is 0 Å². The minimum Gasteiger partial charge on any atom is -0.329 e. The summed E-state index contributed by atoms with van der Waals surface area (Å²) in [5.74, 6) is -1.15. The molecule has 1 aliphatic rings. The molecule has 21 heavy (non-hydrogen) atoms. The molecule has 0 unspecified atom stereocenters. The molecule has 1 aromatic rings. The molecule has 1 saturated carbocycles. The van der Waals surface area contributed by atoms with Crippen molar-refractivity contribution in [2.24, 2.45) is 11.7 Å². The highest BCUT2D eigenvalue weighted by Gasteiger charge is 2.46. The molecule has 1 aliphatic carbocycles. The molecule has 2 nitrogen and oxygen atoms in total. The number of hydrogen-bond donors (Lipinski definition) is 1. The van der Waals surface area contributed by atoms with E-state index in [0.29, 0.717) is 19.4 Å². The maximum absolute atomic E-state index is 12.8. The van der Waals surface area contributed by atoms with E-state index >= 15 is 0 Å². The van der Waals surface area contributed by atoms with Gasteiger partial charge in [0.15, 0.2) is 0 Å². The maximum atomic E-state index is 12.8. The summed E-state index contributed by atoms with van der Waals surface area (Å²) < 4.78 is 38.4. The van der Waals surface area contributed by atoms with Gasteiger partial charge in [0.05, 0.1) is 5.92 Å². The zero-order valence-electron chi connectivity index (χ0n) is 12.3. The predicted octanol–water partition coefficient (Wildman–Crippen LogP) is 3.67. The third-order valence-corrected chi connectivity index (χ3v) is 5.78. The van der Waals surface area contributed by atoms with Crippen LogP contribution in [0.25, 0.3) is 0 Å². The topological polar surface area (TPSA) is 29.3 Å². The Hall–Kier alpha value is -0.590. The van der Waals surface area contributed by atoms with Crippen LogP contribution in [0.3, 0.4) is 0 Å². The summed E-state index contributed by atoms with van der Waals surface area (Å²) in [5, 5.41) is 2.04. The van der Waals surface area contributed by atoms with Crippen molar-refractivity contribution in [1.29, 1.82) is 0 Å². The van der Waals surface area contributed by atoms with Gasteiger partial charge in [-0.2, -0.15) is 13.2 Å². The lowest BCUT2D eigenvalue weighted by atomic mass is 9.75. The fourth-order valence-corrected chi connectivity index (χ4v) is 3.89. The Labute approximate surface area is 128 Å². The quantitative estimate of drug-likeness (QED) is 0.897. The number of likely N-dealkylation sites (N-methyl/N-ethyl adjacent to an activating group) is 1. The van der Waals surface area contributed by atoms with Crippen molar-refractivity contribution in [3.63, 3.8) is 0 Å². The van der Waals surface area contributed by atoms with E-state index in [4.69, 9.17) is 5.73 Å². The highest BCUT2D eigenvalue weighted by atomic mass is 32.1. The zero-order chi connectivity index (χ0) is 15.5. The van der Waals surface area contributed by atoms with Crippen molar-refractivity contribution in [2.45, 2.75) is 43.8 Å². The molecular weight excluding hydrogens is 297 g/mol. The Kier molecular flexibility index (Phi) is 5.33. The van der Waals surface area contributed by atoms with Crippen LogP contribution in [0, 0.1) is 5.92 Å². The number of rotatable bonds is 5.